The Bertz CT molecular complexity index is 588. The van der Waals surface area contributed by atoms with E-state index in [2.05, 4.69) is 5.32 Å². The molecule has 0 bridgehead atoms. The van der Waals surface area contributed by atoms with E-state index in [1.165, 1.54) is 10.4 Å². The molecule has 1 fully saturated rings. The van der Waals surface area contributed by atoms with Crippen LogP contribution in [0.5, 0.6) is 0 Å². The molecule has 0 radical (unpaired) electrons. The molecule has 1 N–H and O–H groups in total. The molecule has 0 aliphatic carbocycles. The molecule has 21 heavy (non-hydrogen) atoms. The average Bonchev–Trinajstić information content (AvgIpc) is 2.74. The van der Waals surface area contributed by atoms with Gasteiger partial charge in [0, 0.05) is 13.1 Å². The van der Waals surface area contributed by atoms with Gasteiger partial charge in [-0.05, 0) is 46.9 Å². The summed E-state index contributed by atoms with van der Waals surface area (Å²) in [4.78, 5) is 0. The van der Waals surface area contributed by atoms with Crippen LogP contribution in [0.3, 0.4) is 0 Å². The molecule has 0 unspecified atom stereocenters. The Morgan fingerprint density at radius 1 is 1.19 bits per heavy atom. The zero-order chi connectivity index (χ0) is 15.9. The summed E-state index contributed by atoms with van der Waals surface area (Å²) in [6, 6.07) is 3.19. The van der Waals surface area contributed by atoms with Gasteiger partial charge in [0.05, 0.1) is 17.7 Å². The van der Waals surface area contributed by atoms with Crippen LogP contribution in [0, 0.1) is 0 Å². The summed E-state index contributed by atoms with van der Waals surface area (Å²) in [6.45, 7) is 8.68. The minimum atomic E-state index is -3.64. The average molecular weight is 316 g/mol. The Morgan fingerprint density at radius 3 is 2.29 bits per heavy atom. The summed E-state index contributed by atoms with van der Waals surface area (Å²) in [5.74, 6) is 0.600. The van der Waals surface area contributed by atoms with E-state index in [1.54, 1.807) is 13.1 Å². The van der Waals surface area contributed by atoms with E-state index in [-0.39, 0.29) is 5.09 Å². The third-order valence-corrected chi connectivity index (χ3v) is 4.91. The zero-order valence-corrected chi connectivity index (χ0v) is 14.1. The van der Waals surface area contributed by atoms with Crippen molar-refractivity contribution < 1.29 is 17.6 Å². The fraction of sp³-hybridized carbons (Fsp3) is 0.714. The van der Waals surface area contributed by atoms with Gasteiger partial charge in [0.1, 0.15) is 5.76 Å². The van der Waals surface area contributed by atoms with Crippen molar-refractivity contribution in [2.24, 2.45) is 0 Å². The van der Waals surface area contributed by atoms with E-state index in [1.807, 2.05) is 27.7 Å². The molecule has 0 aromatic carbocycles. The Hall–Kier alpha value is -0.890. The summed E-state index contributed by atoms with van der Waals surface area (Å²) in [6.07, 6.45) is 0. The van der Waals surface area contributed by atoms with Gasteiger partial charge in [-0.2, -0.15) is 4.31 Å². The van der Waals surface area contributed by atoms with Crippen molar-refractivity contribution in [1.29, 1.82) is 0 Å². The summed E-state index contributed by atoms with van der Waals surface area (Å²) < 4.78 is 38.3. The van der Waals surface area contributed by atoms with E-state index in [4.69, 9.17) is 9.15 Å². The summed E-state index contributed by atoms with van der Waals surface area (Å²) >= 11 is 0. The second kappa shape index (κ2) is 5.39. The molecule has 2 rings (SSSR count). The Kier molecular flexibility index (Phi) is 4.23. The maximum absolute atomic E-state index is 12.7. The number of morpholine rings is 1. The number of nitrogens with one attached hydrogen (secondary N) is 1. The van der Waals surface area contributed by atoms with Gasteiger partial charge in [0.25, 0.3) is 10.0 Å². The van der Waals surface area contributed by atoms with Crippen molar-refractivity contribution in [2.45, 2.75) is 50.5 Å². The molecule has 1 aliphatic heterocycles. The van der Waals surface area contributed by atoms with Gasteiger partial charge in [-0.15, -0.1) is 0 Å². The number of nitrogens with zero attached hydrogens (tertiary/aromatic N) is 1. The van der Waals surface area contributed by atoms with E-state index in [0.717, 1.165) is 0 Å². The second-order valence-electron chi connectivity index (χ2n) is 6.65. The lowest BCUT2D eigenvalue weighted by molar-refractivity contribution is -0.164. The van der Waals surface area contributed by atoms with Crippen molar-refractivity contribution in [2.75, 3.05) is 20.1 Å². The van der Waals surface area contributed by atoms with Gasteiger partial charge in [0.15, 0.2) is 0 Å². The number of sulfonamides is 1. The highest BCUT2D eigenvalue weighted by atomic mass is 32.2. The number of ether oxygens (including phenoxy) is 1. The van der Waals surface area contributed by atoms with Gasteiger partial charge in [-0.1, -0.05) is 0 Å². The number of hydrogen-bond donors (Lipinski definition) is 1. The van der Waals surface area contributed by atoms with Crippen LogP contribution in [0.2, 0.25) is 0 Å². The molecule has 0 spiro atoms. The Labute approximate surface area is 126 Å². The highest BCUT2D eigenvalue weighted by Crippen LogP contribution is 2.32. The van der Waals surface area contributed by atoms with Gasteiger partial charge in [-0.3, -0.25) is 0 Å². The molecule has 1 aromatic rings. The summed E-state index contributed by atoms with van der Waals surface area (Å²) in [5.41, 5.74) is -1.07. The second-order valence-corrected chi connectivity index (χ2v) is 8.51. The van der Waals surface area contributed by atoms with Gasteiger partial charge in [0.2, 0.25) is 5.09 Å². The summed E-state index contributed by atoms with van der Waals surface area (Å²) in [7, 11) is -1.86. The first-order chi connectivity index (χ1) is 9.56. The molecule has 0 amide bonds. The molecular formula is C14H24N2O4S. The first-order valence-corrected chi connectivity index (χ1v) is 8.43. The number of hydrogen-bond acceptors (Lipinski definition) is 5. The lowest BCUT2D eigenvalue weighted by Gasteiger charge is -2.46. The lowest BCUT2D eigenvalue weighted by Crippen LogP contribution is -2.58. The first-order valence-electron chi connectivity index (χ1n) is 6.99. The third-order valence-electron chi connectivity index (χ3n) is 3.25. The molecule has 1 aliphatic rings. The molecule has 120 valence electrons. The van der Waals surface area contributed by atoms with Crippen molar-refractivity contribution >= 4 is 10.0 Å². The highest BCUT2D eigenvalue weighted by Gasteiger charge is 2.43. The Morgan fingerprint density at radius 2 is 1.76 bits per heavy atom. The van der Waals surface area contributed by atoms with Crippen LogP contribution < -0.4 is 5.32 Å². The molecule has 7 heteroatoms. The lowest BCUT2D eigenvalue weighted by atomic mass is 10.0. The fourth-order valence-electron chi connectivity index (χ4n) is 2.78. The summed E-state index contributed by atoms with van der Waals surface area (Å²) in [5, 5.41) is 2.92. The third kappa shape index (κ3) is 3.66. The standard InChI is InChI=1S/C14H24N2O4S/c1-13(2)9-16(10-14(3,4)20-13)21(17,18)12-7-6-11(19-12)8-15-5/h6-7,15H,8-10H2,1-5H3. The van der Waals surface area contributed by atoms with Crippen LogP contribution in [0.1, 0.15) is 33.5 Å². The molecule has 1 aromatic heterocycles. The number of rotatable bonds is 4. The predicted octanol–water partition coefficient (Wildman–Crippen LogP) is 1.58. The van der Waals surface area contributed by atoms with Gasteiger partial charge < -0.3 is 14.5 Å². The van der Waals surface area contributed by atoms with E-state index in [9.17, 15) is 8.42 Å². The molecule has 1 saturated heterocycles. The van der Waals surface area contributed by atoms with Crippen LogP contribution in [0.15, 0.2) is 21.6 Å². The van der Waals surface area contributed by atoms with Crippen LogP contribution >= 0.6 is 0 Å². The molecule has 6 nitrogen and oxygen atoms in total. The van der Waals surface area contributed by atoms with Crippen LogP contribution in [0.4, 0.5) is 0 Å². The van der Waals surface area contributed by atoms with Crippen molar-refractivity contribution in [3.63, 3.8) is 0 Å². The minimum absolute atomic E-state index is 0.0127. The van der Waals surface area contributed by atoms with Crippen LogP contribution in [-0.2, 0) is 21.3 Å². The normalized spacial score (nSPS) is 22.3. The zero-order valence-electron chi connectivity index (χ0n) is 13.3. The maximum Gasteiger partial charge on any atom is 0.276 e. The van der Waals surface area contributed by atoms with Gasteiger partial charge >= 0.3 is 0 Å². The topological polar surface area (TPSA) is 71.8 Å². The Balaban J connectivity index is 2.29. The molecule has 0 saturated carbocycles. The number of furan rings is 1. The van der Waals surface area contributed by atoms with Crippen LogP contribution in [0.25, 0.3) is 0 Å². The maximum atomic E-state index is 12.7. The van der Waals surface area contributed by atoms with Crippen molar-refractivity contribution in [1.82, 2.24) is 9.62 Å². The fourth-order valence-corrected chi connectivity index (χ4v) is 4.45. The van der Waals surface area contributed by atoms with Crippen molar-refractivity contribution in [3.05, 3.63) is 17.9 Å². The minimum Gasteiger partial charge on any atom is -0.447 e. The van der Waals surface area contributed by atoms with E-state index < -0.39 is 21.2 Å². The van der Waals surface area contributed by atoms with Gasteiger partial charge in [-0.25, -0.2) is 8.42 Å². The smallest absolute Gasteiger partial charge is 0.276 e. The van der Waals surface area contributed by atoms with Crippen molar-refractivity contribution in [3.8, 4) is 0 Å². The largest absolute Gasteiger partial charge is 0.447 e. The predicted molar refractivity (Wildman–Crippen MR) is 79.5 cm³/mol. The quantitative estimate of drug-likeness (QED) is 0.913. The molecule has 0 atom stereocenters. The SMILES string of the molecule is CNCc1ccc(S(=O)(=O)N2CC(C)(C)OC(C)(C)C2)o1. The monoisotopic (exact) mass is 316 g/mol. The molecular weight excluding hydrogens is 292 g/mol. The van der Waals surface area contributed by atoms with E-state index >= 15 is 0 Å². The highest BCUT2D eigenvalue weighted by molar-refractivity contribution is 7.89. The first kappa shape index (κ1) is 16.5. The molecule has 2 heterocycles. The van der Waals surface area contributed by atoms with E-state index in [0.29, 0.717) is 25.4 Å². The van der Waals surface area contributed by atoms with Crippen LogP contribution in [-0.4, -0.2) is 44.1 Å².